The number of halogens is 2. The first-order valence-corrected chi connectivity index (χ1v) is 7.68. The molecule has 2 unspecified atom stereocenters. The van der Waals surface area contributed by atoms with E-state index in [-0.39, 0.29) is 32.0 Å². The summed E-state index contributed by atoms with van der Waals surface area (Å²) in [5, 5.41) is 5.36. The molecule has 2 aliphatic rings. The highest BCUT2D eigenvalue weighted by molar-refractivity contribution is 5.80. The lowest BCUT2D eigenvalue weighted by molar-refractivity contribution is -0.132. The maximum Gasteiger partial charge on any atom is 0.270 e. The van der Waals surface area contributed by atoms with Crippen LogP contribution in [0.25, 0.3) is 0 Å². The fourth-order valence-electron chi connectivity index (χ4n) is 2.92. The fraction of sp³-hybridized carbons (Fsp3) is 0.562. The highest BCUT2D eigenvalue weighted by Crippen LogP contribution is 2.31. The topological polar surface area (TPSA) is 59.6 Å². The second-order valence-electron chi connectivity index (χ2n) is 5.96. The third-order valence-electron chi connectivity index (χ3n) is 4.36. The monoisotopic (exact) mass is 326 g/mol. The number of hydrogen-bond acceptors (Lipinski definition) is 4. The van der Waals surface area contributed by atoms with Gasteiger partial charge >= 0.3 is 0 Å². The third-order valence-corrected chi connectivity index (χ3v) is 4.36. The number of nitrogens with one attached hydrogen (secondary N) is 2. The standard InChI is InChI=1S/C16H20F2N2O3/c1-22-12-3-2-10-6-11(9-23-13(10)7-12)15(21)20-14-8-19-5-4-16(14,17)18/h2-3,7,11,14,19H,4-6,8-9H2,1H3,(H,20,21). The molecule has 7 heteroatoms. The van der Waals surface area contributed by atoms with Crippen molar-refractivity contribution in [2.24, 2.45) is 5.92 Å². The molecule has 0 spiro atoms. The Kier molecular flexibility index (Phi) is 4.39. The van der Waals surface area contributed by atoms with E-state index in [4.69, 9.17) is 9.47 Å². The molecular weight excluding hydrogens is 306 g/mol. The molecule has 0 saturated carbocycles. The molecule has 0 radical (unpaired) electrons. The van der Waals surface area contributed by atoms with E-state index < -0.39 is 17.9 Å². The number of alkyl halides is 2. The van der Waals surface area contributed by atoms with Gasteiger partial charge in [-0.1, -0.05) is 6.07 Å². The van der Waals surface area contributed by atoms with Crippen molar-refractivity contribution in [3.05, 3.63) is 23.8 Å². The van der Waals surface area contributed by atoms with Crippen LogP contribution in [0.1, 0.15) is 12.0 Å². The molecular formula is C16H20F2N2O3. The van der Waals surface area contributed by atoms with Gasteiger partial charge in [-0.15, -0.1) is 0 Å². The van der Waals surface area contributed by atoms with Gasteiger partial charge in [0, 0.05) is 25.6 Å². The van der Waals surface area contributed by atoms with Gasteiger partial charge in [-0.3, -0.25) is 4.79 Å². The zero-order chi connectivity index (χ0) is 16.4. The minimum atomic E-state index is -2.87. The smallest absolute Gasteiger partial charge is 0.270 e. The SMILES string of the molecule is COc1ccc2c(c1)OCC(C(=O)NC1CNCCC1(F)F)C2. The molecule has 2 heterocycles. The summed E-state index contributed by atoms with van der Waals surface area (Å²) in [7, 11) is 1.57. The van der Waals surface area contributed by atoms with Crippen LogP contribution >= 0.6 is 0 Å². The molecule has 2 aliphatic heterocycles. The summed E-state index contributed by atoms with van der Waals surface area (Å²) in [5.74, 6) is -2.37. The van der Waals surface area contributed by atoms with Crippen molar-refractivity contribution < 1.29 is 23.0 Å². The number of carbonyl (C=O) groups excluding carboxylic acids is 1. The normalized spacial score (nSPS) is 25.9. The Morgan fingerprint density at radius 1 is 1.48 bits per heavy atom. The van der Waals surface area contributed by atoms with Gasteiger partial charge < -0.3 is 20.1 Å². The van der Waals surface area contributed by atoms with E-state index in [1.54, 1.807) is 19.2 Å². The van der Waals surface area contributed by atoms with Crippen molar-refractivity contribution in [2.75, 3.05) is 26.8 Å². The van der Waals surface area contributed by atoms with Crippen LogP contribution in [-0.2, 0) is 11.2 Å². The van der Waals surface area contributed by atoms with E-state index in [9.17, 15) is 13.6 Å². The number of methoxy groups -OCH3 is 1. The van der Waals surface area contributed by atoms with Crippen LogP contribution in [0.15, 0.2) is 18.2 Å². The Bertz CT molecular complexity index is 595. The molecule has 3 rings (SSSR count). The van der Waals surface area contributed by atoms with Crippen LogP contribution in [-0.4, -0.2) is 44.7 Å². The second kappa shape index (κ2) is 6.31. The number of benzene rings is 1. The largest absolute Gasteiger partial charge is 0.497 e. The highest BCUT2D eigenvalue weighted by Gasteiger charge is 2.43. The lowest BCUT2D eigenvalue weighted by atomic mass is 9.94. The molecule has 2 N–H and O–H groups in total. The quantitative estimate of drug-likeness (QED) is 0.881. The molecule has 2 atom stereocenters. The van der Waals surface area contributed by atoms with Gasteiger partial charge in [0.2, 0.25) is 5.91 Å². The summed E-state index contributed by atoms with van der Waals surface area (Å²) >= 11 is 0. The van der Waals surface area contributed by atoms with Gasteiger partial charge in [-0.25, -0.2) is 8.78 Å². The van der Waals surface area contributed by atoms with E-state index >= 15 is 0 Å². The zero-order valence-electron chi connectivity index (χ0n) is 12.9. The van der Waals surface area contributed by atoms with E-state index in [0.717, 1.165) is 5.56 Å². The summed E-state index contributed by atoms with van der Waals surface area (Å²) in [6.45, 7) is 0.527. The van der Waals surface area contributed by atoms with Crippen molar-refractivity contribution in [1.29, 1.82) is 0 Å². The Balaban J connectivity index is 1.65. The fourth-order valence-corrected chi connectivity index (χ4v) is 2.92. The summed E-state index contributed by atoms with van der Waals surface area (Å²) in [4.78, 5) is 12.3. The molecule has 1 fully saturated rings. The van der Waals surface area contributed by atoms with E-state index in [1.807, 2.05) is 6.07 Å². The van der Waals surface area contributed by atoms with Crippen molar-refractivity contribution >= 4 is 5.91 Å². The van der Waals surface area contributed by atoms with E-state index in [1.165, 1.54) is 0 Å². The average Bonchev–Trinajstić information content (AvgIpc) is 2.55. The van der Waals surface area contributed by atoms with E-state index in [0.29, 0.717) is 17.9 Å². The van der Waals surface area contributed by atoms with Crippen molar-refractivity contribution in [2.45, 2.75) is 24.8 Å². The van der Waals surface area contributed by atoms with Gasteiger partial charge in [-0.2, -0.15) is 0 Å². The molecule has 1 aromatic carbocycles. The van der Waals surface area contributed by atoms with Crippen LogP contribution in [0.4, 0.5) is 8.78 Å². The summed E-state index contributed by atoms with van der Waals surface area (Å²) in [6.07, 6.45) is 0.207. The van der Waals surface area contributed by atoms with Crippen LogP contribution in [0, 0.1) is 5.92 Å². The Hall–Kier alpha value is -1.89. The van der Waals surface area contributed by atoms with Crippen LogP contribution in [0.3, 0.4) is 0 Å². The van der Waals surface area contributed by atoms with Crippen molar-refractivity contribution in [3.8, 4) is 11.5 Å². The molecule has 126 valence electrons. The minimum absolute atomic E-state index is 0.0834. The first-order valence-electron chi connectivity index (χ1n) is 7.68. The third kappa shape index (κ3) is 3.39. The van der Waals surface area contributed by atoms with Gasteiger partial charge in [0.1, 0.15) is 24.1 Å². The first-order chi connectivity index (χ1) is 11.0. The summed E-state index contributed by atoms with van der Waals surface area (Å²) < 4.78 is 38.4. The molecule has 1 saturated heterocycles. The zero-order valence-corrected chi connectivity index (χ0v) is 12.9. The van der Waals surface area contributed by atoms with Gasteiger partial charge in [-0.05, 0) is 18.1 Å². The number of amides is 1. The highest BCUT2D eigenvalue weighted by atomic mass is 19.3. The van der Waals surface area contributed by atoms with Crippen molar-refractivity contribution in [1.82, 2.24) is 10.6 Å². The predicted octanol–water partition coefficient (Wildman–Crippen LogP) is 1.36. The molecule has 1 aromatic rings. The average molecular weight is 326 g/mol. The number of carbonyl (C=O) groups is 1. The lowest BCUT2D eigenvalue weighted by Crippen LogP contribution is -2.58. The minimum Gasteiger partial charge on any atom is -0.497 e. The second-order valence-corrected chi connectivity index (χ2v) is 5.96. The predicted molar refractivity (Wildman–Crippen MR) is 80.0 cm³/mol. The first kappa shape index (κ1) is 16.0. The summed E-state index contributed by atoms with van der Waals surface area (Å²) in [6, 6.07) is 4.23. The molecule has 1 amide bonds. The van der Waals surface area contributed by atoms with Crippen LogP contribution in [0.5, 0.6) is 11.5 Å². The number of rotatable bonds is 3. The van der Waals surface area contributed by atoms with Gasteiger partial charge in [0.05, 0.1) is 13.0 Å². The Morgan fingerprint density at radius 2 is 2.30 bits per heavy atom. The lowest BCUT2D eigenvalue weighted by Gasteiger charge is -2.34. The van der Waals surface area contributed by atoms with Crippen molar-refractivity contribution in [3.63, 3.8) is 0 Å². The molecule has 0 aromatic heterocycles. The number of piperidine rings is 1. The van der Waals surface area contributed by atoms with Crippen LogP contribution in [0.2, 0.25) is 0 Å². The maximum atomic E-state index is 13.8. The van der Waals surface area contributed by atoms with Gasteiger partial charge in [0.25, 0.3) is 5.92 Å². The number of fused-ring (bicyclic) bond motifs is 1. The van der Waals surface area contributed by atoms with Crippen LogP contribution < -0.4 is 20.1 Å². The van der Waals surface area contributed by atoms with E-state index in [2.05, 4.69) is 10.6 Å². The van der Waals surface area contributed by atoms with Gasteiger partial charge in [0.15, 0.2) is 0 Å². The molecule has 23 heavy (non-hydrogen) atoms. The molecule has 0 aliphatic carbocycles. The summed E-state index contributed by atoms with van der Waals surface area (Å²) in [5.41, 5.74) is 0.880. The maximum absolute atomic E-state index is 13.8. The molecule has 5 nitrogen and oxygen atoms in total. The molecule has 0 bridgehead atoms. The Labute approximate surface area is 133 Å². The Morgan fingerprint density at radius 3 is 3.04 bits per heavy atom. The number of hydrogen-bond donors (Lipinski definition) is 2. The number of ether oxygens (including phenoxy) is 2.